The molecule has 6 aliphatic carbocycles. The third-order valence-electron chi connectivity index (χ3n) is 14.5. The number of aliphatic hydroxyl groups is 2. The second kappa shape index (κ2) is 6.95. The van der Waals surface area contributed by atoms with E-state index in [9.17, 15) is 20.1 Å². The summed E-state index contributed by atoms with van der Waals surface area (Å²) in [7, 11) is 0. The van der Waals surface area contributed by atoms with Crippen molar-refractivity contribution in [2.75, 3.05) is 6.61 Å². The summed E-state index contributed by atoms with van der Waals surface area (Å²) in [5.41, 5.74) is 1.08. The van der Waals surface area contributed by atoms with Crippen molar-refractivity contribution in [1.29, 1.82) is 0 Å². The maximum atomic E-state index is 12.8. The van der Waals surface area contributed by atoms with Crippen LogP contribution in [0.3, 0.4) is 0 Å². The van der Waals surface area contributed by atoms with E-state index < -0.39 is 11.4 Å². The summed E-state index contributed by atoms with van der Waals surface area (Å²) in [5, 5.41) is 32.3. The minimum Gasteiger partial charge on any atom is -0.481 e. The van der Waals surface area contributed by atoms with E-state index in [0.717, 1.165) is 77.0 Å². The van der Waals surface area contributed by atoms with Gasteiger partial charge >= 0.3 is 5.97 Å². The summed E-state index contributed by atoms with van der Waals surface area (Å²) in [5.74, 6) is 0.105. The minimum atomic E-state index is -0.585. The monoisotopic (exact) mass is 484 g/mol. The van der Waals surface area contributed by atoms with Crippen LogP contribution in [0.15, 0.2) is 11.6 Å². The van der Waals surface area contributed by atoms with Crippen LogP contribution in [0.5, 0.6) is 0 Å². The predicted octanol–water partition coefficient (Wildman–Crippen LogP) is 6.35. The van der Waals surface area contributed by atoms with Crippen molar-refractivity contribution >= 4 is 5.97 Å². The summed E-state index contributed by atoms with van der Waals surface area (Å²) in [6.07, 6.45) is 13.9. The van der Waals surface area contributed by atoms with Crippen molar-refractivity contribution in [3.8, 4) is 0 Å². The highest BCUT2D eigenvalue weighted by Gasteiger charge is 2.77. The van der Waals surface area contributed by atoms with Crippen molar-refractivity contribution in [2.24, 2.45) is 49.7 Å². The van der Waals surface area contributed by atoms with Gasteiger partial charge in [0.25, 0.3) is 0 Å². The maximum Gasteiger partial charge on any atom is 0.310 e. The maximum absolute atomic E-state index is 12.8. The van der Waals surface area contributed by atoms with Gasteiger partial charge in [0.1, 0.15) is 0 Å². The van der Waals surface area contributed by atoms with Crippen molar-refractivity contribution in [3.05, 3.63) is 11.6 Å². The highest BCUT2D eigenvalue weighted by Crippen LogP contribution is 2.83. The smallest absolute Gasteiger partial charge is 0.310 e. The van der Waals surface area contributed by atoms with Gasteiger partial charge in [-0.15, -0.1) is 0 Å². The fourth-order valence-electron chi connectivity index (χ4n) is 12.0. The van der Waals surface area contributed by atoms with Gasteiger partial charge < -0.3 is 15.3 Å². The lowest BCUT2D eigenvalue weighted by Crippen LogP contribution is -2.75. The van der Waals surface area contributed by atoms with Crippen LogP contribution in [0.4, 0.5) is 0 Å². The summed E-state index contributed by atoms with van der Waals surface area (Å²) in [6.45, 7) is 12.3. The Bertz CT molecular complexity index is 980. The van der Waals surface area contributed by atoms with Crippen LogP contribution >= 0.6 is 0 Å². The summed E-state index contributed by atoms with van der Waals surface area (Å²) < 4.78 is 0. The number of hydrogen-bond donors (Lipinski definition) is 3. The summed E-state index contributed by atoms with van der Waals surface area (Å²) >= 11 is 0. The predicted molar refractivity (Wildman–Crippen MR) is 137 cm³/mol. The molecular formula is C31H48O4. The zero-order valence-corrected chi connectivity index (χ0v) is 22.8. The van der Waals surface area contributed by atoms with Crippen molar-refractivity contribution < 1.29 is 20.1 Å². The van der Waals surface area contributed by atoms with Crippen molar-refractivity contribution in [1.82, 2.24) is 0 Å². The Hall–Kier alpha value is -0.870. The molecule has 9 atom stereocenters. The molecule has 4 nitrogen and oxygen atoms in total. The quantitative estimate of drug-likeness (QED) is 0.399. The van der Waals surface area contributed by atoms with Gasteiger partial charge in [-0.1, -0.05) is 46.3 Å². The van der Waals surface area contributed by atoms with Gasteiger partial charge in [-0.2, -0.15) is 0 Å². The fraction of sp³-hybridized carbons (Fsp3) is 0.903. The van der Waals surface area contributed by atoms with E-state index in [1.54, 1.807) is 0 Å². The molecule has 6 rings (SSSR count). The van der Waals surface area contributed by atoms with E-state index in [1.807, 2.05) is 0 Å². The fourth-order valence-corrected chi connectivity index (χ4v) is 12.0. The molecule has 0 saturated heterocycles. The molecule has 196 valence electrons. The van der Waals surface area contributed by atoms with E-state index in [1.165, 1.54) is 5.57 Å². The molecule has 0 aromatic rings. The van der Waals surface area contributed by atoms with E-state index >= 15 is 0 Å². The second-order valence-corrected chi connectivity index (χ2v) is 15.4. The van der Waals surface area contributed by atoms with E-state index in [4.69, 9.17) is 0 Å². The van der Waals surface area contributed by atoms with E-state index in [0.29, 0.717) is 5.92 Å². The SMILES string of the molecule is CC1(C)CC[C@]2(C(=O)O)CC[C@]3(C)C(=CC[C@@H]4[C@@]5(C)CC[C@H](O)[C@]6(CO)CC[C@]65CC[C@]43C)[C@@H]2C1. The molecule has 0 amide bonds. The Balaban J connectivity index is 1.46. The standard InChI is InChI=1S/C31H48O4/c1-25(2)10-13-29(24(34)35)14-11-26(3)20(21(29)18-25)6-7-22-27(26,4)12-16-31-17-15-30(31,19-32)23(33)8-9-28(22,31)5/h6,21-23,32-33H,7-19H2,1-5H3,(H,34,35)/t21-,22-,23-,26+,27+,28+,29-,30+,31-/m0/s1. The lowest BCUT2D eigenvalue weighted by atomic mass is 9.25. The van der Waals surface area contributed by atoms with Gasteiger partial charge in [0.2, 0.25) is 0 Å². The molecule has 0 radical (unpaired) electrons. The van der Waals surface area contributed by atoms with Crippen LogP contribution in [-0.4, -0.2) is 34.0 Å². The average Bonchev–Trinajstić information content (AvgIpc) is 2.77. The molecule has 1 spiro atoms. The molecule has 3 N–H and O–H groups in total. The number of carboxylic acid groups (broad SMARTS) is 1. The number of carboxylic acids is 1. The topological polar surface area (TPSA) is 77.8 Å². The van der Waals surface area contributed by atoms with Gasteiger partial charge in [-0.25, -0.2) is 0 Å². The molecule has 5 fully saturated rings. The normalized spacial score (nSPS) is 56.2. The zero-order chi connectivity index (χ0) is 25.3. The first kappa shape index (κ1) is 24.5. The number of carbonyl (C=O) groups is 1. The van der Waals surface area contributed by atoms with Crippen LogP contribution in [0.2, 0.25) is 0 Å². The third kappa shape index (κ3) is 2.51. The Kier molecular flexibility index (Phi) is 4.86. The molecule has 4 heteroatoms. The molecule has 5 saturated carbocycles. The molecule has 0 unspecified atom stereocenters. The lowest BCUT2D eigenvalue weighted by Gasteiger charge is -2.79. The first-order valence-electron chi connectivity index (χ1n) is 14.5. The van der Waals surface area contributed by atoms with Crippen molar-refractivity contribution in [3.63, 3.8) is 0 Å². The first-order valence-corrected chi connectivity index (χ1v) is 14.5. The number of rotatable bonds is 2. The van der Waals surface area contributed by atoms with E-state index in [-0.39, 0.29) is 51.1 Å². The summed E-state index contributed by atoms with van der Waals surface area (Å²) in [4.78, 5) is 12.8. The van der Waals surface area contributed by atoms with E-state index in [2.05, 4.69) is 40.7 Å². The number of aliphatic carboxylic acids is 1. The van der Waals surface area contributed by atoms with Gasteiger partial charge in [0.05, 0.1) is 18.1 Å². The van der Waals surface area contributed by atoms with Crippen LogP contribution in [-0.2, 0) is 4.79 Å². The van der Waals surface area contributed by atoms with Crippen LogP contribution in [0, 0.1) is 49.7 Å². The third-order valence-corrected chi connectivity index (χ3v) is 14.5. The van der Waals surface area contributed by atoms with Crippen LogP contribution in [0.1, 0.15) is 112 Å². The molecule has 0 aromatic carbocycles. The number of aliphatic hydroxyl groups excluding tert-OH is 2. The number of hydrogen-bond acceptors (Lipinski definition) is 3. The minimum absolute atomic E-state index is 0.0270. The molecule has 35 heavy (non-hydrogen) atoms. The molecule has 0 aliphatic heterocycles. The highest BCUT2D eigenvalue weighted by molar-refractivity contribution is 5.76. The Labute approximate surface area is 212 Å². The van der Waals surface area contributed by atoms with Gasteiger partial charge in [-0.05, 0) is 116 Å². The average molecular weight is 485 g/mol. The first-order chi connectivity index (χ1) is 16.3. The zero-order valence-electron chi connectivity index (χ0n) is 22.8. The molecule has 0 bridgehead atoms. The summed E-state index contributed by atoms with van der Waals surface area (Å²) in [6, 6.07) is 0. The molecular weight excluding hydrogens is 436 g/mol. The Morgan fingerprint density at radius 1 is 0.914 bits per heavy atom. The Morgan fingerprint density at radius 2 is 1.60 bits per heavy atom. The van der Waals surface area contributed by atoms with Crippen LogP contribution < -0.4 is 0 Å². The van der Waals surface area contributed by atoms with Gasteiger partial charge in [0.15, 0.2) is 0 Å². The molecule has 0 heterocycles. The molecule has 0 aromatic heterocycles. The van der Waals surface area contributed by atoms with Gasteiger partial charge in [-0.3, -0.25) is 4.79 Å². The largest absolute Gasteiger partial charge is 0.481 e. The number of allylic oxidation sites excluding steroid dienone is 2. The Morgan fingerprint density at radius 3 is 2.23 bits per heavy atom. The molecule has 6 aliphatic rings. The lowest BCUT2D eigenvalue weighted by molar-refractivity contribution is -0.321. The van der Waals surface area contributed by atoms with Gasteiger partial charge in [0, 0.05) is 5.41 Å². The second-order valence-electron chi connectivity index (χ2n) is 15.4. The van der Waals surface area contributed by atoms with Crippen LogP contribution in [0.25, 0.3) is 0 Å². The highest BCUT2D eigenvalue weighted by atomic mass is 16.4. The number of fused-ring (bicyclic) bond motifs is 6. The van der Waals surface area contributed by atoms with Crippen molar-refractivity contribution in [2.45, 2.75) is 118 Å².